The standard InChI is InChI=1S/C17H29N5O/c1-4-5-6-14(2)16(23)19-13-15-7-8-18-17(20-15)22-11-9-21(3)10-12-22/h7-8,14H,4-6,9-13H2,1-3H3,(H,19,23). The molecule has 6 heteroatoms. The molecule has 0 spiro atoms. The number of nitrogens with one attached hydrogen (secondary N) is 1. The van der Waals surface area contributed by atoms with Crippen LogP contribution in [-0.4, -0.2) is 54.0 Å². The van der Waals surface area contributed by atoms with Crippen molar-refractivity contribution >= 4 is 11.9 Å². The summed E-state index contributed by atoms with van der Waals surface area (Å²) in [5.41, 5.74) is 0.866. The van der Waals surface area contributed by atoms with E-state index < -0.39 is 0 Å². The number of rotatable bonds is 7. The van der Waals surface area contributed by atoms with Gasteiger partial charge in [-0.1, -0.05) is 26.7 Å². The number of aromatic nitrogens is 2. The van der Waals surface area contributed by atoms with E-state index in [1.54, 1.807) is 6.20 Å². The maximum absolute atomic E-state index is 12.1. The maximum atomic E-state index is 12.1. The van der Waals surface area contributed by atoms with E-state index in [0.29, 0.717) is 6.54 Å². The van der Waals surface area contributed by atoms with Crippen molar-refractivity contribution in [3.05, 3.63) is 18.0 Å². The van der Waals surface area contributed by atoms with Gasteiger partial charge in [-0.15, -0.1) is 0 Å². The minimum atomic E-state index is 0.0638. The predicted octanol–water partition coefficient (Wildman–Crippen LogP) is 1.67. The highest BCUT2D eigenvalue weighted by Crippen LogP contribution is 2.11. The highest BCUT2D eigenvalue weighted by molar-refractivity contribution is 5.78. The molecule has 1 saturated heterocycles. The molecule has 1 aliphatic rings. The molecule has 2 heterocycles. The van der Waals surface area contributed by atoms with Crippen molar-refractivity contribution in [2.45, 2.75) is 39.7 Å². The summed E-state index contributed by atoms with van der Waals surface area (Å²) in [6, 6.07) is 1.87. The average Bonchev–Trinajstić information content (AvgIpc) is 2.58. The van der Waals surface area contributed by atoms with Crippen molar-refractivity contribution < 1.29 is 4.79 Å². The van der Waals surface area contributed by atoms with E-state index >= 15 is 0 Å². The molecule has 0 aliphatic carbocycles. The molecule has 1 aromatic rings. The average molecular weight is 319 g/mol. The summed E-state index contributed by atoms with van der Waals surface area (Å²) in [7, 11) is 2.13. The van der Waals surface area contributed by atoms with Crippen LogP contribution in [0.3, 0.4) is 0 Å². The fraction of sp³-hybridized carbons (Fsp3) is 0.706. The van der Waals surface area contributed by atoms with Crippen molar-refractivity contribution in [3.8, 4) is 0 Å². The zero-order chi connectivity index (χ0) is 16.7. The second kappa shape index (κ2) is 8.82. The van der Waals surface area contributed by atoms with Crippen molar-refractivity contribution in [1.29, 1.82) is 0 Å². The lowest BCUT2D eigenvalue weighted by molar-refractivity contribution is -0.124. The van der Waals surface area contributed by atoms with Crippen LogP contribution in [0.2, 0.25) is 0 Å². The number of hydrogen-bond acceptors (Lipinski definition) is 5. The van der Waals surface area contributed by atoms with E-state index in [2.05, 4.69) is 39.1 Å². The van der Waals surface area contributed by atoms with Crippen molar-refractivity contribution in [2.24, 2.45) is 5.92 Å². The Morgan fingerprint density at radius 2 is 2.09 bits per heavy atom. The van der Waals surface area contributed by atoms with Gasteiger partial charge in [0.1, 0.15) is 0 Å². The Kier molecular flexibility index (Phi) is 6.77. The van der Waals surface area contributed by atoms with Crippen LogP contribution in [-0.2, 0) is 11.3 Å². The van der Waals surface area contributed by atoms with E-state index in [-0.39, 0.29) is 11.8 Å². The molecule has 1 unspecified atom stereocenters. The zero-order valence-corrected chi connectivity index (χ0v) is 14.6. The van der Waals surface area contributed by atoms with Gasteiger partial charge in [-0.2, -0.15) is 0 Å². The Morgan fingerprint density at radius 1 is 1.35 bits per heavy atom. The van der Waals surface area contributed by atoms with Gasteiger partial charge in [0, 0.05) is 38.3 Å². The van der Waals surface area contributed by atoms with Crippen molar-refractivity contribution in [3.63, 3.8) is 0 Å². The van der Waals surface area contributed by atoms with Gasteiger partial charge in [-0.3, -0.25) is 4.79 Å². The van der Waals surface area contributed by atoms with Crippen LogP contribution in [0.4, 0.5) is 5.95 Å². The maximum Gasteiger partial charge on any atom is 0.225 e. The molecule has 1 amide bonds. The van der Waals surface area contributed by atoms with Gasteiger partial charge in [-0.25, -0.2) is 9.97 Å². The minimum absolute atomic E-state index is 0.0638. The van der Waals surface area contributed by atoms with Crippen LogP contribution in [0, 0.1) is 5.92 Å². The predicted molar refractivity (Wildman–Crippen MR) is 92.3 cm³/mol. The van der Waals surface area contributed by atoms with E-state index in [0.717, 1.165) is 57.1 Å². The molecule has 2 rings (SSSR count). The first-order chi connectivity index (χ1) is 11.1. The number of anilines is 1. The molecular weight excluding hydrogens is 290 g/mol. The fourth-order valence-electron chi connectivity index (χ4n) is 2.64. The van der Waals surface area contributed by atoms with Crippen molar-refractivity contribution in [2.75, 3.05) is 38.1 Å². The number of nitrogens with zero attached hydrogens (tertiary/aromatic N) is 4. The minimum Gasteiger partial charge on any atom is -0.350 e. The summed E-state index contributed by atoms with van der Waals surface area (Å²) in [4.78, 5) is 25.6. The third-order valence-electron chi connectivity index (χ3n) is 4.37. The van der Waals surface area contributed by atoms with Gasteiger partial charge in [0.2, 0.25) is 11.9 Å². The first kappa shape index (κ1) is 17.7. The van der Waals surface area contributed by atoms with E-state index in [1.165, 1.54) is 0 Å². The normalized spacial score (nSPS) is 17.1. The Bertz CT molecular complexity index is 500. The van der Waals surface area contributed by atoms with Crippen LogP contribution >= 0.6 is 0 Å². The first-order valence-corrected chi connectivity index (χ1v) is 8.63. The molecule has 1 aromatic heterocycles. The Labute approximate surface area is 139 Å². The summed E-state index contributed by atoms with van der Waals surface area (Å²) in [5.74, 6) is 0.941. The number of hydrogen-bond donors (Lipinski definition) is 1. The van der Waals surface area contributed by atoms with Gasteiger partial charge >= 0.3 is 0 Å². The van der Waals surface area contributed by atoms with Crippen LogP contribution in [0.15, 0.2) is 12.3 Å². The summed E-state index contributed by atoms with van der Waals surface area (Å²) in [6.45, 7) is 8.55. The lowest BCUT2D eigenvalue weighted by Crippen LogP contribution is -2.45. The zero-order valence-electron chi connectivity index (χ0n) is 14.6. The SMILES string of the molecule is CCCCC(C)C(=O)NCc1ccnc(N2CCN(C)CC2)n1. The molecule has 128 valence electrons. The summed E-state index contributed by atoms with van der Waals surface area (Å²) in [5, 5.41) is 2.99. The molecule has 1 N–H and O–H groups in total. The summed E-state index contributed by atoms with van der Waals surface area (Å²) in [6.07, 6.45) is 4.94. The molecule has 0 bridgehead atoms. The number of likely N-dealkylation sites (N-methyl/N-ethyl adjacent to an activating group) is 1. The van der Waals surface area contributed by atoms with Gasteiger partial charge < -0.3 is 15.1 Å². The van der Waals surface area contributed by atoms with E-state index in [1.807, 2.05) is 13.0 Å². The topological polar surface area (TPSA) is 61.4 Å². The monoisotopic (exact) mass is 319 g/mol. The highest BCUT2D eigenvalue weighted by atomic mass is 16.1. The Balaban J connectivity index is 1.86. The lowest BCUT2D eigenvalue weighted by atomic mass is 10.0. The van der Waals surface area contributed by atoms with Gasteiger partial charge in [0.25, 0.3) is 0 Å². The summed E-state index contributed by atoms with van der Waals surface area (Å²) < 4.78 is 0. The van der Waals surface area contributed by atoms with Crippen LogP contribution in [0.5, 0.6) is 0 Å². The smallest absolute Gasteiger partial charge is 0.225 e. The number of carbonyl (C=O) groups is 1. The third kappa shape index (κ3) is 5.46. The van der Waals surface area contributed by atoms with Gasteiger partial charge in [0.15, 0.2) is 0 Å². The number of amides is 1. The quantitative estimate of drug-likeness (QED) is 0.828. The van der Waals surface area contributed by atoms with Gasteiger partial charge in [-0.05, 0) is 19.5 Å². The van der Waals surface area contributed by atoms with Crippen LogP contribution in [0.25, 0.3) is 0 Å². The number of unbranched alkanes of at least 4 members (excludes halogenated alkanes) is 1. The molecule has 1 fully saturated rings. The molecule has 23 heavy (non-hydrogen) atoms. The van der Waals surface area contributed by atoms with Crippen LogP contribution < -0.4 is 10.2 Å². The van der Waals surface area contributed by atoms with Gasteiger partial charge in [0.05, 0.1) is 12.2 Å². The molecule has 1 aliphatic heterocycles. The second-order valence-electron chi connectivity index (χ2n) is 6.40. The molecule has 6 nitrogen and oxygen atoms in total. The highest BCUT2D eigenvalue weighted by Gasteiger charge is 2.17. The van der Waals surface area contributed by atoms with E-state index in [4.69, 9.17) is 0 Å². The fourth-order valence-corrected chi connectivity index (χ4v) is 2.64. The molecule has 0 saturated carbocycles. The molecule has 0 aromatic carbocycles. The third-order valence-corrected chi connectivity index (χ3v) is 4.37. The molecular formula is C17H29N5O. The Morgan fingerprint density at radius 3 is 2.78 bits per heavy atom. The molecule has 0 radical (unpaired) electrons. The Hall–Kier alpha value is -1.69. The van der Waals surface area contributed by atoms with Crippen molar-refractivity contribution in [1.82, 2.24) is 20.2 Å². The molecule has 1 atom stereocenters. The number of piperazine rings is 1. The van der Waals surface area contributed by atoms with E-state index in [9.17, 15) is 4.79 Å². The largest absolute Gasteiger partial charge is 0.350 e. The number of carbonyl (C=O) groups excluding carboxylic acids is 1. The van der Waals surface area contributed by atoms with Crippen LogP contribution in [0.1, 0.15) is 38.8 Å². The first-order valence-electron chi connectivity index (χ1n) is 8.63. The summed E-state index contributed by atoms with van der Waals surface area (Å²) >= 11 is 0. The lowest BCUT2D eigenvalue weighted by Gasteiger charge is -2.32. The second-order valence-corrected chi connectivity index (χ2v) is 6.40.